The van der Waals surface area contributed by atoms with Crippen LogP contribution < -0.4 is 10.1 Å². The first-order chi connectivity index (χ1) is 10.2. The van der Waals surface area contributed by atoms with E-state index < -0.39 is 5.91 Å². The Hall–Kier alpha value is -3.03. The van der Waals surface area contributed by atoms with Crippen molar-refractivity contribution in [3.8, 4) is 5.75 Å². The first-order valence-corrected chi connectivity index (χ1v) is 6.14. The van der Waals surface area contributed by atoms with Gasteiger partial charge in [0.2, 0.25) is 5.82 Å². The second kappa shape index (κ2) is 5.16. The molecule has 1 N–H and O–H groups in total. The summed E-state index contributed by atoms with van der Waals surface area (Å²) in [6.45, 7) is 0. The van der Waals surface area contributed by atoms with Gasteiger partial charge in [-0.1, -0.05) is 0 Å². The lowest BCUT2D eigenvalue weighted by molar-refractivity contribution is 0.101. The van der Waals surface area contributed by atoms with Crippen molar-refractivity contribution in [2.24, 2.45) is 7.05 Å². The van der Waals surface area contributed by atoms with E-state index >= 15 is 0 Å². The molecular formula is C13H12N6O2. The molecule has 0 aliphatic heterocycles. The molecule has 0 aliphatic carbocycles. The molecule has 8 heteroatoms. The van der Waals surface area contributed by atoms with E-state index in [1.165, 1.54) is 6.20 Å². The SMILES string of the molecule is COc1ccc2nnc(C(=O)Nc3cnn(C)c3)nc2c1. The van der Waals surface area contributed by atoms with Crippen LogP contribution in [0.25, 0.3) is 11.0 Å². The van der Waals surface area contributed by atoms with Crippen LogP contribution in [0, 0.1) is 0 Å². The highest BCUT2D eigenvalue weighted by Gasteiger charge is 2.12. The van der Waals surface area contributed by atoms with Crippen molar-refractivity contribution in [2.75, 3.05) is 12.4 Å². The summed E-state index contributed by atoms with van der Waals surface area (Å²) < 4.78 is 6.70. The van der Waals surface area contributed by atoms with Crippen LogP contribution in [0.5, 0.6) is 5.75 Å². The second-order valence-corrected chi connectivity index (χ2v) is 4.35. The Bertz CT molecular complexity index is 813. The number of methoxy groups -OCH3 is 1. The molecule has 0 bridgehead atoms. The molecule has 2 aromatic heterocycles. The first-order valence-electron chi connectivity index (χ1n) is 6.14. The summed E-state index contributed by atoms with van der Waals surface area (Å²) in [5.74, 6) is 0.182. The topological polar surface area (TPSA) is 94.8 Å². The fraction of sp³-hybridized carbons (Fsp3) is 0.154. The Morgan fingerprint density at radius 3 is 2.86 bits per heavy atom. The van der Waals surface area contributed by atoms with E-state index in [-0.39, 0.29) is 5.82 Å². The second-order valence-electron chi connectivity index (χ2n) is 4.35. The van der Waals surface area contributed by atoms with E-state index in [2.05, 4.69) is 25.6 Å². The molecule has 0 atom stereocenters. The van der Waals surface area contributed by atoms with E-state index in [0.717, 1.165) is 0 Å². The van der Waals surface area contributed by atoms with Crippen LogP contribution in [-0.4, -0.2) is 38.0 Å². The number of anilines is 1. The molecule has 21 heavy (non-hydrogen) atoms. The number of benzene rings is 1. The zero-order valence-electron chi connectivity index (χ0n) is 11.4. The van der Waals surface area contributed by atoms with E-state index in [9.17, 15) is 4.79 Å². The van der Waals surface area contributed by atoms with Gasteiger partial charge in [0.05, 0.1) is 24.5 Å². The van der Waals surface area contributed by atoms with Gasteiger partial charge in [-0.25, -0.2) is 4.98 Å². The molecule has 0 unspecified atom stereocenters. The van der Waals surface area contributed by atoms with Gasteiger partial charge in [-0.3, -0.25) is 9.48 Å². The predicted molar refractivity (Wildman–Crippen MR) is 75.0 cm³/mol. The molecule has 0 radical (unpaired) electrons. The summed E-state index contributed by atoms with van der Waals surface area (Å²) in [4.78, 5) is 16.3. The third kappa shape index (κ3) is 2.64. The highest BCUT2D eigenvalue weighted by atomic mass is 16.5. The van der Waals surface area contributed by atoms with Gasteiger partial charge in [0, 0.05) is 19.3 Å². The molecule has 1 aromatic carbocycles. The highest BCUT2D eigenvalue weighted by Crippen LogP contribution is 2.17. The molecule has 0 saturated heterocycles. The Kier molecular flexibility index (Phi) is 3.19. The monoisotopic (exact) mass is 284 g/mol. The van der Waals surface area contributed by atoms with Crippen LogP contribution >= 0.6 is 0 Å². The number of rotatable bonds is 3. The Balaban J connectivity index is 1.90. The van der Waals surface area contributed by atoms with Crippen molar-refractivity contribution in [3.05, 3.63) is 36.4 Å². The van der Waals surface area contributed by atoms with E-state index in [1.807, 2.05) is 0 Å². The normalized spacial score (nSPS) is 10.6. The van der Waals surface area contributed by atoms with Gasteiger partial charge in [0.25, 0.3) is 5.91 Å². The molecule has 2 heterocycles. The number of nitrogens with one attached hydrogen (secondary N) is 1. The summed E-state index contributed by atoms with van der Waals surface area (Å²) >= 11 is 0. The average molecular weight is 284 g/mol. The van der Waals surface area contributed by atoms with Gasteiger partial charge >= 0.3 is 0 Å². The van der Waals surface area contributed by atoms with Crippen molar-refractivity contribution < 1.29 is 9.53 Å². The Morgan fingerprint density at radius 1 is 1.29 bits per heavy atom. The van der Waals surface area contributed by atoms with Crippen LogP contribution in [-0.2, 0) is 7.05 Å². The third-order valence-corrected chi connectivity index (χ3v) is 2.83. The third-order valence-electron chi connectivity index (χ3n) is 2.83. The maximum absolute atomic E-state index is 12.1. The van der Waals surface area contributed by atoms with Crippen LogP contribution in [0.4, 0.5) is 5.69 Å². The van der Waals surface area contributed by atoms with Crippen molar-refractivity contribution in [1.29, 1.82) is 0 Å². The lowest BCUT2D eigenvalue weighted by Crippen LogP contribution is -2.16. The van der Waals surface area contributed by atoms with E-state index in [4.69, 9.17) is 4.74 Å². The number of ether oxygens (including phenoxy) is 1. The summed E-state index contributed by atoms with van der Waals surface area (Å²) in [7, 11) is 3.32. The molecular weight excluding hydrogens is 272 g/mol. The molecule has 3 rings (SSSR count). The quantitative estimate of drug-likeness (QED) is 0.771. The minimum Gasteiger partial charge on any atom is -0.497 e. The smallest absolute Gasteiger partial charge is 0.295 e. The molecule has 106 valence electrons. The van der Waals surface area contributed by atoms with Gasteiger partial charge in [0.15, 0.2) is 0 Å². The van der Waals surface area contributed by atoms with Crippen LogP contribution in [0.15, 0.2) is 30.6 Å². The van der Waals surface area contributed by atoms with Crippen molar-refractivity contribution in [3.63, 3.8) is 0 Å². The van der Waals surface area contributed by atoms with E-state index in [1.54, 1.807) is 43.2 Å². The fourth-order valence-corrected chi connectivity index (χ4v) is 1.81. The maximum atomic E-state index is 12.1. The number of hydrogen-bond donors (Lipinski definition) is 1. The minimum atomic E-state index is -0.444. The number of aryl methyl sites for hydroxylation is 1. The molecule has 0 fully saturated rings. The molecule has 0 saturated carbocycles. The van der Waals surface area contributed by atoms with Crippen molar-refractivity contribution >= 4 is 22.6 Å². The number of carbonyl (C=O) groups excluding carboxylic acids is 1. The summed E-state index contributed by atoms with van der Waals surface area (Å²) in [6.07, 6.45) is 3.21. The Labute approximate surface area is 119 Å². The predicted octanol–water partition coefficient (Wildman–Crippen LogP) is 1.02. The molecule has 0 aliphatic rings. The van der Waals surface area contributed by atoms with Crippen molar-refractivity contribution in [2.45, 2.75) is 0 Å². The van der Waals surface area contributed by atoms with E-state index in [0.29, 0.717) is 22.5 Å². The standard InChI is InChI=1S/C13H12N6O2/c1-19-7-8(6-14-19)15-13(20)12-16-11-5-9(21-2)3-4-10(11)17-18-12/h3-7H,1-2H3,(H,15,20). The highest BCUT2D eigenvalue weighted by molar-refractivity contribution is 6.02. The van der Waals surface area contributed by atoms with Crippen molar-refractivity contribution in [1.82, 2.24) is 25.0 Å². The van der Waals surface area contributed by atoms with Gasteiger partial charge in [0.1, 0.15) is 11.3 Å². The van der Waals surface area contributed by atoms with Crippen LogP contribution in [0.3, 0.4) is 0 Å². The van der Waals surface area contributed by atoms with Crippen LogP contribution in [0.2, 0.25) is 0 Å². The Morgan fingerprint density at radius 2 is 2.14 bits per heavy atom. The lowest BCUT2D eigenvalue weighted by atomic mass is 10.3. The minimum absolute atomic E-state index is 0.0143. The van der Waals surface area contributed by atoms with Crippen LogP contribution in [0.1, 0.15) is 10.6 Å². The molecule has 3 aromatic rings. The zero-order valence-corrected chi connectivity index (χ0v) is 11.4. The summed E-state index contributed by atoms with van der Waals surface area (Å²) in [5.41, 5.74) is 1.70. The fourth-order valence-electron chi connectivity index (χ4n) is 1.81. The zero-order chi connectivity index (χ0) is 14.8. The summed E-state index contributed by atoms with van der Waals surface area (Å²) in [5, 5.41) is 14.4. The first kappa shape index (κ1) is 13.0. The number of hydrogen-bond acceptors (Lipinski definition) is 6. The number of fused-ring (bicyclic) bond motifs is 1. The van der Waals surface area contributed by atoms with Gasteiger partial charge in [-0.15, -0.1) is 10.2 Å². The van der Waals surface area contributed by atoms with Gasteiger partial charge in [-0.05, 0) is 12.1 Å². The molecule has 1 amide bonds. The number of carbonyl (C=O) groups is 1. The largest absolute Gasteiger partial charge is 0.497 e. The molecule has 8 nitrogen and oxygen atoms in total. The number of aromatic nitrogens is 5. The van der Waals surface area contributed by atoms with Gasteiger partial charge in [-0.2, -0.15) is 5.10 Å². The van der Waals surface area contributed by atoms with Gasteiger partial charge < -0.3 is 10.1 Å². The average Bonchev–Trinajstić information content (AvgIpc) is 2.91. The maximum Gasteiger partial charge on any atom is 0.295 e. The lowest BCUT2D eigenvalue weighted by Gasteiger charge is -2.03. The number of amides is 1. The molecule has 0 spiro atoms. The summed E-state index contributed by atoms with van der Waals surface area (Å²) in [6, 6.07) is 5.19. The number of nitrogens with zero attached hydrogens (tertiary/aromatic N) is 5.